The van der Waals surface area contributed by atoms with Gasteiger partial charge in [-0.15, -0.1) is 0 Å². The number of halogens is 2. The SMILES string of the molecule is CCCNC(=O)[C@@H](C)N(Cc1c(Cl)cccc1Cl)C(=O)CN(c1cccc(C)c1C)S(C)(=O)=O. The van der Waals surface area contributed by atoms with Crippen molar-refractivity contribution in [2.75, 3.05) is 23.7 Å². The molecule has 1 atom stereocenters. The van der Waals surface area contributed by atoms with Crippen LogP contribution in [0.3, 0.4) is 0 Å². The summed E-state index contributed by atoms with van der Waals surface area (Å²) in [6.45, 7) is 7.11. The Morgan fingerprint density at radius 1 is 1.06 bits per heavy atom. The molecule has 0 spiro atoms. The highest BCUT2D eigenvalue weighted by Crippen LogP contribution is 2.28. The Labute approximate surface area is 212 Å². The summed E-state index contributed by atoms with van der Waals surface area (Å²) in [5.41, 5.74) is 2.53. The number of benzene rings is 2. The molecule has 0 aromatic heterocycles. The molecule has 0 heterocycles. The number of rotatable bonds is 10. The topological polar surface area (TPSA) is 86.8 Å². The van der Waals surface area contributed by atoms with E-state index in [2.05, 4.69) is 5.32 Å². The van der Waals surface area contributed by atoms with Crippen LogP contribution in [-0.2, 0) is 26.2 Å². The van der Waals surface area contributed by atoms with E-state index < -0.39 is 28.5 Å². The summed E-state index contributed by atoms with van der Waals surface area (Å²) in [7, 11) is -3.80. The van der Waals surface area contributed by atoms with Crippen molar-refractivity contribution in [3.63, 3.8) is 0 Å². The normalized spacial score (nSPS) is 12.2. The molecule has 0 aliphatic rings. The van der Waals surface area contributed by atoms with Crippen LogP contribution in [0.25, 0.3) is 0 Å². The van der Waals surface area contributed by atoms with Crippen molar-refractivity contribution >= 4 is 50.7 Å². The molecule has 186 valence electrons. The monoisotopic (exact) mass is 527 g/mol. The molecular weight excluding hydrogens is 497 g/mol. The first-order chi connectivity index (χ1) is 15.9. The van der Waals surface area contributed by atoms with E-state index in [4.69, 9.17) is 23.2 Å². The van der Waals surface area contributed by atoms with Gasteiger partial charge in [-0.25, -0.2) is 8.42 Å². The van der Waals surface area contributed by atoms with Gasteiger partial charge in [-0.1, -0.05) is 48.3 Å². The molecule has 2 amide bonds. The third-order valence-corrected chi connectivity index (χ3v) is 7.47. The second-order valence-electron chi connectivity index (χ2n) is 8.18. The number of nitrogens with one attached hydrogen (secondary N) is 1. The van der Waals surface area contributed by atoms with E-state index >= 15 is 0 Å². The van der Waals surface area contributed by atoms with Gasteiger partial charge in [-0.05, 0) is 56.5 Å². The molecule has 10 heteroatoms. The van der Waals surface area contributed by atoms with Crippen molar-refractivity contribution in [2.45, 2.75) is 46.7 Å². The maximum absolute atomic E-state index is 13.6. The third-order valence-electron chi connectivity index (χ3n) is 5.63. The number of hydrogen-bond donors (Lipinski definition) is 1. The highest BCUT2D eigenvalue weighted by atomic mass is 35.5. The molecule has 34 heavy (non-hydrogen) atoms. The highest BCUT2D eigenvalue weighted by molar-refractivity contribution is 7.92. The van der Waals surface area contributed by atoms with Gasteiger partial charge in [0.1, 0.15) is 12.6 Å². The smallest absolute Gasteiger partial charge is 0.244 e. The Morgan fingerprint density at radius 3 is 2.21 bits per heavy atom. The Hall–Kier alpha value is -2.29. The second kappa shape index (κ2) is 11.9. The van der Waals surface area contributed by atoms with Crippen LogP contribution >= 0.6 is 23.2 Å². The van der Waals surface area contributed by atoms with Crippen LogP contribution in [0.15, 0.2) is 36.4 Å². The predicted molar refractivity (Wildman–Crippen MR) is 138 cm³/mol. The largest absolute Gasteiger partial charge is 0.354 e. The van der Waals surface area contributed by atoms with Crippen LogP contribution in [0.4, 0.5) is 5.69 Å². The Bertz CT molecular complexity index is 1130. The zero-order valence-corrected chi connectivity index (χ0v) is 22.4. The number of carbonyl (C=O) groups excluding carboxylic acids is 2. The lowest BCUT2D eigenvalue weighted by Crippen LogP contribution is -2.51. The van der Waals surface area contributed by atoms with Crippen molar-refractivity contribution in [2.24, 2.45) is 0 Å². The van der Waals surface area contributed by atoms with Crippen molar-refractivity contribution in [3.05, 3.63) is 63.1 Å². The van der Waals surface area contributed by atoms with Gasteiger partial charge in [0.2, 0.25) is 21.8 Å². The van der Waals surface area contributed by atoms with Crippen LogP contribution in [0.2, 0.25) is 10.0 Å². The second-order valence-corrected chi connectivity index (χ2v) is 10.9. The summed E-state index contributed by atoms with van der Waals surface area (Å²) in [6, 6.07) is 9.35. The van der Waals surface area contributed by atoms with E-state index in [0.29, 0.717) is 27.8 Å². The molecule has 2 aromatic rings. The molecule has 0 fully saturated rings. The van der Waals surface area contributed by atoms with Gasteiger partial charge in [0, 0.05) is 28.7 Å². The van der Waals surface area contributed by atoms with E-state index in [-0.39, 0.29) is 12.5 Å². The minimum Gasteiger partial charge on any atom is -0.354 e. The molecule has 1 N–H and O–H groups in total. The predicted octanol–water partition coefficient (Wildman–Crippen LogP) is 4.32. The van der Waals surface area contributed by atoms with Crippen LogP contribution in [0.1, 0.15) is 37.0 Å². The minimum absolute atomic E-state index is 0.0531. The Kier molecular flexibility index (Phi) is 9.79. The summed E-state index contributed by atoms with van der Waals surface area (Å²) in [6.07, 6.45) is 1.78. The molecule has 0 unspecified atom stereocenters. The zero-order valence-electron chi connectivity index (χ0n) is 20.1. The molecule has 0 saturated heterocycles. The van der Waals surface area contributed by atoms with E-state index in [1.807, 2.05) is 19.9 Å². The first kappa shape index (κ1) is 28.0. The molecule has 0 saturated carbocycles. The van der Waals surface area contributed by atoms with Crippen LogP contribution in [0.5, 0.6) is 0 Å². The van der Waals surface area contributed by atoms with Crippen molar-refractivity contribution in [1.29, 1.82) is 0 Å². The van der Waals surface area contributed by atoms with E-state index in [9.17, 15) is 18.0 Å². The van der Waals surface area contributed by atoms with Gasteiger partial charge in [0.05, 0.1) is 11.9 Å². The zero-order chi connectivity index (χ0) is 25.6. The maximum atomic E-state index is 13.6. The molecule has 0 bridgehead atoms. The number of carbonyl (C=O) groups is 2. The maximum Gasteiger partial charge on any atom is 0.244 e. The summed E-state index contributed by atoms with van der Waals surface area (Å²) >= 11 is 12.7. The summed E-state index contributed by atoms with van der Waals surface area (Å²) in [5, 5.41) is 3.48. The van der Waals surface area contributed by atoms with Crippen LogP contribution < -0.4 is 9.62 Å². The molecule has 0 aliphatic carbocycles. The quantitative estimate of drug-likeness (QED) is 0.498. The number of aryl methyl sites for hydroxylation is 1. The lowest BCUT2D eigenvalue weighted by molar-refractivity contribution is -0.139. The lowest BCUT2D eigenvalue weighted by Gasteiger charge is -2.32. The van der Waals surface area contributed by atoms with Crippen molar-refractivity contribution in [3.8, 4) is 0 Å². The number of nitrogens with zero attached hydrogens (tertiary/aromatic N) is 2. The molecule has 7 nitrogen and oxygen atoms in total. The number of anilines is 1. The van der Waals surface area contributed by atoms with E-state index in [1.54, 1.807) is 44.2 Å². The Balaban J connectivity index is 2.48. The molecular formula is C24H31Cl2N3O4S. The number of amides is 2. The average molecular weight is 529 g/mol. The van der Waals surface area contributed by atoms with Gasteiger partial charge in [0.25, 0.3) is 0 Å². The summed E-state index contributed by atoms with van der Waals surface area (Å²) < 4.78 is 26.5. The van der Waals surface area contributed by atoms with Crippen LogP contribution in [-0.4, -0.2) is 50.5 Å². The highest BCUT2D eigenvalue weighted by Gasteiger charge is 2.31. The minimum atomic E-state index is -3.80. The molecule has 2 aromatic carbocycles. The summed E-state index contributed by atoms with van der Waals surface area (Å²) in [4.78, 5) is 27.6. The van der Waals surface area contributed by atoms with Crippen molar-refractivity contribution < 1.29 is 18.0 Å². The van der Waals surface area contributed by atoms with Gasteiger partial charge >= 0.3 is 0 Å². The standard InChI is InChI=1S/C24H31Cl2N3O4S/c1-6-13-27-24(31)18(4)28(14-19-20(25)10-8-11-21(19)26)23(30)15-29(34(5,32)33)22-12-7-9-16(2)17(22)3/h7-12,18H,6,13-15H2,1-5H3,(H,27,31)/t18-/m1/s1. The first-order valence-corrected chi connectivity index (χ1v) is 13.5. The lowest BCUT2D eigenvalue weighted by atomic mass is 10.1. The average Bonchev–Trinajstić information content (AvgIpc) is 2.76. The Morgan fingerprint density at radius 2 is 1.65 bits per heavy atom. The van der Waals surface area contributed by atoms with Gasteiger partial charge in [-0.3, -0.25) is 13.9 Å². The fourth-order valence-corrected chi connectivity index (χ4v) is 4.85. The van der Waals surface area contributed by atoms with Crippen LogP contribution in [0, 0.1) is 13.8 Å². The molecule has 0 aliphatic heterocycles. The van der Waals surface area contributed by atoms with E-state index in [0.717, 1.165) is 28.1 Å². The first-order valence-electron chi connectivity index (χ1n) is 10.9. The number of hydrogen-bond acceptors (Lipinski definition) is 4. The summed E-state index contributed by atoms with van der Waals surface area (Å²) in [5.74, 6) is -0.905. The van der Waals surface area contributed by atoms with Gasteiger partial charge in [0.15, 0.2) is 0 Å². The van der Waals surface area contributed by atoms with Crippen molar-refractivity contribution in [1.82, 2.24) is 10.2 Å². The van der Waals surface area contributed by atoms with E-state index in [1.165, 1.54) is 4.90 Å². The fraction of sp³-hybridized carbons (Fsp3) is 0.417. The van der Waals surface area contributed by atoms with Gasteiger partial charge in [-0.2, -0.15) is 0 Å². The molecule has 0 radical (unpaired) electrons. The van der Waals surface area contributed by atoms with Gasteiger partial charge < -0.3 is 10.2 Å². The number of sulfonamides is 1. The fourth-order valence-electron chi connectivity index (χ4n) is 3.43. The molecule has 2 rings (SSSR count). The third kappa shape index (κ3) is 6.87.